The number of aryl methyl sites for hydroxylation is 2. The Morgan fingerprint density at radius 1 is 1.03 bits per heavy atom. The molecular weight excluding hydrogens is 392 g/mol. The third-order valence-corrected chi connectivity index (χ3v) is 8.30. The summed E-state index contributed by atoms with van der Waals surface area (Å²) < 4.78 is 5.68. The van der Waals surface area contributed by atoms with Crippen LogP contribution >= 0.6 is 0 Å². The number of carbonyl (C=O) groups is 2. The zero-order chi connectivity index (χ0) is 21.6. The molecule has 0 unspecified atom stereocenters. The van der Waals surface area contributed by atoms with Crippen molar-refractivity contribution in [2.75, 3.05) is 32.7 Å². The summed E-state index contributed by atoms with van der Waals surface area (Å²) in [5.74, 6) is 4.29. The van der Waals surface area contributed by atoms with Gasteiger partial charge in [-0.2, -0.15) is 0 Å². The average molecular weight is 429 g/mol. The summed E-state index contributed by atoms with van der Waals surface area (Å²) in [5.41, 5.74) is 0.819. The number of carbonyl (C=O) groups excluding carboxylic acids is 2. The van der Waals surface area contributed by atoms with Crippen molar-refractivity contribution in [3.8, 4) is 0 Å². The van der Waals surface area contributed by atoms with E-state index in [2.05, 4.69) is 15.2 Å². The van der Waals surface area contributed by atoms with Crippen LogP contribution in [0.5, 0.6) is 0 Å². The molecule has 1 aromatic heterocycles. The summed E-state index contributed by atoms with van der Waals surface area (Å²) in [6, 6.07) is 0. The van der Waals surface area contributed by atoms with Crippen LogP contribution in [0.25, 0.3) is 0 Å². The minimum absolute atomic E-state index is 0.125. The van der Waals surface area contributed by atoms with Crippen LogP contribution in [0.1, 0.15) is 62.3 Å². The highest BCUT2D eigenvalue weighted by atomic mass is 16.4. The van der Waals surface area contributed by atoms with E-state index in [1.165, 1.54) is 19.3 Å². The molecule has 5 aliphatic rings. The lowest BCUT2D eigenvalue weighted by molar-refractivity contribution is -0.146. The molecular formula is C24H36N4O3. The lowest BCUT2D eigenvalue weighted by atomic mass is 9.49. The Bertz CT molecular complexity index is 785. The molecule has 0 aromatic carbocycles. The van der Waals surface area contributed by atoms with E-state index in [0.29, 0.717) is 19.5 Å². The van der Waals surface area contributed by atoms with Crippen molar-refractivity contribution in [1.29, 1.82) is 0 Å². The molecule has 0 spiro atoms. The maximum atomic E-state index is 13.0. The topological polar surface area (TPSA) is 78.7 Å². The van der Waals surface area contributed by atoms with E-state index in [4.69, 9.17) is 4.42 Å². The zero-order valence-electron chi connectivity index (χ0n) is 19.0. The molecule has 4 saturated carbocycles. The molecule has 170 valence electrons. The van der Waals surface area contributed by atoms with Gasteiger partial charge in [0.1, 0.15) is 5.76 Å². The van der Waals surface area contributed by atoms with Gasteiger partial charge in [0, 0.05) is 44.6 Å². The van der Waals surface area contributed by atoms with E-state index >= 15 is 0 Å². The molecule has 2 heterocycles. The van der Waals surface area contributed by atoms with Crippen LogP contribution < -0.4 is 5.32 Å². The first kappa shape index (κ1) is 21.0. The molecule has 0 atom stereocenters. The van der Waals surface area contributed by atoms with Crippen molar-refractivity contribution in [1.82, 2.24) is 20.1 Å². The maximum absolute atomic E-state index is 13.0. The Morgan fingerprint density at radius 2 is 1.65 bits per heavy atom. The molecule has 4 bridgehead atoms. The first-order valence-electron chi connectivity index (χ1n) is 12.1. The molecule has 7 heteroatoms. The lowest BCUT2D eigenvalue weighted by Gasteiger charge is -2.55. The quantitative estimate of drug-likeness (QED) is 0.754. The molecule has 2 amide bonds. The largest absolute Gasteiger partial charge is 0.444 e. The van der Waals surface area contributed by atoms with Gasteiger partial charge in [0.25, 0.3) is 0 Å². The van der Waals surface area contributed by atoms with Crippen molar-refractivity contribution in [3.05, 3.63) is 17.3 Å². The highest BCUT2D eigenvalue weighted by molar-refractivity contribution is 5.84. The number of amides is 2. The first-order chi connectivity index (χ1) is 14.9. The summed E-state index contributed by atoms with van der Waals surface area (Å²) in [4.78, 5) is 34.4. The average Bonchev–Trinajstić information content (AvgIpc) is 3.04. The number of oxazole rings is 1. The molecule has 1 aromatic rings. The summed E-state index contributed by atoms with van der Waals surface area (Å²) >= 11 is 0. The zero-order valence-corrected chi connectivity index (χ0v) is 19.0. The molecule has 31 heavy (non-hydrogen) atoms. The second kappa shape index (κ2) is 8.23. The fraction of sp³-hybridized carbons (Fsp3) is 0.792. The number of nitrogens with one attached hydrogen (secondary N) is 1. The van der Waals surface area contributed by atoms with Crippen molar-refractivity contribution < 1.29 is 14.0 Å². The molecule has 5 fully saturated rings. The molecule has 1 N–H and O–H groups in total. The van der Waals surface area contributed by atoms with Gasteiger partial charge in [0.05, 0.1) is 12.2 Å². The van der Waals surface area contributed by atoms with Gasteiger partial charge in [-0.25, -0.2) is 4.98 Å². The maximum Gasteiger partial charge on any atom is 0.226 e. The third kappa shape index (κ3) is 4.26. The van der Waals surface area contributed by atoms with Gasteiger partial charge in [-0.15, -0.1) is 0 Å². The molecule has 0 radical (unpaired) electrons. The number of piperazine rings is 1. The van der Waals surface area contributed by atoms with E-state index in [9.17, 15) is 9.59 Å². The van der Waals surface area contributed by atoms with Crippen LogP contribution in [-0.4, -0.2) is 59.3 Å². The van der Waals surface area contributed by atoms with E-state index in [1.54, 1.807) is 0 Å². The number of rotatable bonds is 6. The Labute approximate surface area is 184 Å². The molecule has 4 aliphatic carbocycles. The highest BCUT2D eigenvalue weighted by Crippen LogP contribution is 2.60. The highest BCUT2D eigenvalue weighted by Gasteiger charge is 2.54. The fourth-order valence-electron chi connectivity index (χ4n) is 6.97. The normalized spacial score (nSPS) is 32.5. The Hall–Kier alpha value is -1.89. The van der Waals surface area contributed by atoms with E-state index in [1.807, 2.05) is 18.7 Å². The number of hydrogen-bond donors (Lipinski definition) is 1. The van der Waals surface area contributed by atoms with E-state index in [-0.39, 0.29) is 17.2 Å². The lowest BCUT2D eigenvalue weighted by Crippen LogP contribution is -2.54. The summed E-state index contributed by atoms with van der Waals surface area (Å²) in [5, 5.41) is 3.14. The van der Waals surface area contributed by atoms with Crippen LogP contribution in [0, 0.1) is 37.0 Å². The molecule has 7 nitrogen and oxygen atoms in total. The van der Waals surface area contributed by atoms with E-state index in [0.717, 1.165) is 80.5 Å². The number of hydrogen-bond acceptors (Lipinski definition) is 5. The predicted molar refractivity (Wildman–Crippen MR) is 116 cm³/mol. The third-order valence-electron chi connectivity index (χ3n) is 8.30. The smallest absolute Gasteiger partial charge is 0.226 e. The fourth-order valence-corrected chi connectivity index (χ4v) is 6.97. The van der Waals surface area contributed by atoms with Gasteiger partial charge < -0.3 is 14.6 Å². The van der Waals surface area contributed by atoms with Crippen LogP contribution in [-0.2, 0) is 16.1 Å². The van der Waals surface area contributed by atoms with Crippen molar-refractivity contribution >= 4 is 11.8 Å². The van der Waals surface area contributed by atoms with Gasteiger partial charge >= 0.3 is 0 Å². The van der Waals surface area contributed by atoms with Crippen LogP contribution in [0.3, 0.4) is 0 Å². The summed E-state index contributed by atoms with van der Waals surface area (Å²) in [6.45, 7) is 8.15. The van der Waals surface area contributed by atoms with Crippen molar-refractivity contribution in [3.63, 3.8) is 0 Å². The number of nitrogens with zero attached hydrogens (tertiary/aromatic N) is 3. The van der Waals surface area contributed by atoms with Gasteiger partial charge in [-0.3, -0.25) is 14.5 Å². The van der Waals surface area contributed by atoms with Gasteiger partial charge in [0.15, 0.2) is 0 Å². The van der Waals surface area contributed by atoms with Gasteiger partial charge in [-0.05, 0) is 70.1 Å². The standard InChI is InChI=1S/C24H36N4O3/c1-16-17(2)31-21(26-16)15-27-5-7-28(8-6-27)22(29)3-4-25-23(30)24-12-18-9-19(13-24)11-20(10-18)14-24/h18-20H,3-15H2,1-2H3,(H,25,30). The Balaban J connectivity index is 1.04. The predicted octanol–water partition coefficient (Wildman–Crippen LogP) is 2.66. The van der Waals surface area contributed by atoms with Crippen LogP contribution in [0.4, 0.5) is 0 Å². The second-order valence-electron chi connectivity index (χ2n) is 10.6. The second-order valence-corrected chi connectivity index (χ2v) is 10.6. The van der Waals surface area contributed by atoms with Gasteiger partial charge in [-0.1, -0.05) is 0 Å². The minimum Gasteiger partial charge on any atom is -0.444 e. The van der Waals surface area contributed by atoms with Crippen molar-refractivity contribution in [2.24, 2.45) is 23.2 Å². The molecule has 1 aliphatic heterocycles. The SMILES string of the molecule is Cc1nc(CN2CCN(C(=O)CCNC(=O)C34CC5CC(CC(C5)C3)C4)CC2)oc1C. The Kier molecular flexibility index (Phi) is 5.57. The summed E-state index contributed by atoms with van der Waals surface area (Å²) in [6.07, 6.45) is 7.64. The van der Waals surface area contributed by atoms with E-state index < -0.39 is 0 Å². The van der Waals surface area contributed by atoms with Crippen molar-refractivity contribution in [2.45, 2.75) is 65.3 Å². The summed E-state index contributed by atoms with van der Waals surface area (Å²) in [7, 11) is 0. The Morgan fingerprint density at radius 3 is 2.19 bits per heavy atom. The number of aromatic nitrogens is 1. The molecule has 6 rings (SSSR count). The van der Waals surface area contributed by atoms with Crippen LogP contribution in [0.15, 0.2) is 4.42 Å². The first-order valence-corrected chi connectivity index (χ1v) is 12.1. The van der Waals surface area contributed by atoms with Crippen LogP contribution in [0.2, 0.25) is 0 Å². The monoisotopic (exact) mass is 428 g/mol. The van der Waals surface area contributed by atoms with Gasteiger partial charge in [0.2, 0.25) is 17.7 Å². The molecule has 1 saturated heterocycles. The minimum atomic E-state index is -0.125.